The highest BCUT2D eigenvalue weighted by Crippen LogP contribution is 2.33. The van der Waals surface area contributed by atoms with E-state index in [1.165, 1.54) is 11.3 Å². The first-order valence-corrected chi connectivity index (χ1v) is 9.98. The van der Waals surface area contributed by atoms with Gasteiger partial charge in [0, 0.05) is 16.3 Å². The number of benzene rings is 1. The number of nitrogens with one attached hydrogen (secondary N) is 1. The van der Waals surface area contributed by atoms with Crippen molar-refractivity contribution in [3.63, 3.8) is 0 Å². The third-order valence-electron chi connectivity index (χ3n) is 4.06. The molecule has 0 radical (unpaired) electrons. The van der Waals surface area contributed by atoms with Crippen LogP contribution in [-0.4, -0.2) is 25.1 Å². The maximum Gasteiger partial charge on any atom is 0.341 e. The summed E-state index contributed by atoms with van der Waals surface area (Å²) in [4.78, 5) is 25.4. The van der Waals surface area contributed by atoms with E-state index >= 15 is 0 Å². The number of carbonyl (C=O) groups excluding carboxylic acids is 2. The molecule has 7 heteroatoms. The average Bonchev–Trinajstić information content (AvgIpc) is 2.87. The Morgan fingerprint density at radius 1 is 1.22 bits per heavy atom. The summed E-state index contributed by atoms with van der Waals surface area (Å²) >= 11 is 7.31. The molecule has 27 heavy (non-hydrogen) atoms. The fourth-order valence-corrected chi connectivity index (χ4v) is 3.83. The van der Waals surface area contributed by atoms with E-state index in [0.29, 0.717) is 41.6 Å². The zero-order chi connectivity index (χ0) is 20.0. The lowest BCUT2D eigenvalue weighted by Crippen LogP contribution is -2.15. The lowest BCUT2D eigenvalue weighted by atomic mass is 10.1. The van der Waals surface area contributed by atoms with Crippen molar-refractivity contribution in [2.75, 3.05) is 18.5 Å². The molecule has 0 bridgehead atoms. The van der Waals surface area contributed by atoms with Gasteiger partial charge in [-0.3, -0.25) is 4.79 Å². The third-order valence-corrected chi connectivity index (χ3v) is 5.42. The molecule has 0 fully saturated rings. The molecular formula is C20H24ClNO4S. The third kappa shape index (κ3) is 5.71. The monoisotopic (exact) mass is 409 g/mol. The van der Waals surface area contributed by atoms with E-state index in [9.17, 15) is 9.59 Å². The first-order valence-electron chi connectivity index (χ1n) is 8.79. The molecule has 0 saturated carbocycles. The van der Waals surface area contributed by atoms with Crippen molar-refractivity contribution in [3.05, 3.63) is 44.8 Å². The highest BCUT2D eigenvalue weighted by atomic mass is 35.5. The van der Waals surface area contributed by atoms with E-state index in [4.69, 9.17) is 21.1 Å². The van der Waals surface area contributed by atoms with Crippen LogP contribution in [0.25, 0.3) is 0 Å². The molecule has 1 aromatic carbocycles. The quantitative estimate of drug-likeness (QED) is 0.474. The lowest BCUT2D eigenvalue weighted by molar-refractivity contribution is -0.116. The van der Waals surface area contributed by atoms with E-state index in [-0.39, 0.29) is 5.91 Å². The number of ether oxygens (including phenoxy) is 2. The fourth-order valence-electron chi connectivity index (χ4n) is 2.54. The van der Waals surface area contributed by atoms with Crippen LogP contribution in [0.15, 0.2) is 18.2 Å². The molecule has 1 N–H and O–H groups in total. The molecule has 0 aliphatic rings. The number of esters is 1. The number of hydrogen-bond donors (Lipinski definition) is 1. The van der Waals surface area contributed by atoms with Crippen LogP contribution in [-0.2, 0) is 9.53 Å². The van der Waals surface area contributed by atoms with Gasteiger partial charge in [-0.1, -0.05) is 11.6 Å². The highest BCUT2D eigenvalue weighted by Gasteiger charge is 2.21. The van der Waals surface area contributed by atoms with Crippen LogP contribution in [0.5, 0.6) is 5.75 Å². The van der Waals surface area contributed by atoms with Gasteiger partial charge in [0.15, 0.2) is 0 Å². The summed E-state index contributed by atoms with van der Waals surface area (Å²) in [5.41, 5.74) is 2.24. The van der Waals surface area contributed by atoms with Crippen LogP contribution in [0.2, 0.25) is 5.02 Å². The normalized spacial score (nSPS) is 10.6. The summed E-state index contributed by atoms with van der Waals surface area (Å²) in [6, 6.07) is 5.43. The van der Waals surface area contributed by atoms with Crippen molar-refractivity contribution in [2.45, 2.75) is 40.5 Å². The smallest absolute Gasteiger partial charge is 0.341 e. The summed E-state index contributed by atoms with van der Waals surface area (Å²) in [5, 5.41) is 4.04. The maximum atomic E-state index is 12.3. The van der Waals surface area contributed by atoms with Gasteiger partial charge >= 0.3 is 5.97 Å². The Hall–Kier alpha value is -2.05. The standard InChI is InChI=1S/C20H24ClNO4S/c1-5-25-20(24)18-13(3)14(4)27-19(18)22-17(23)7-6-10-26-16-9-8-15(21)11-12(16)2/h8-9,11H,5-7,10H2,1-4H3,(H,22,23). The molecule has 5 nitrogen and oxygen atoms in total. The maximum absolute atomic E-state index is 12.3. The van der Waals surface area contributed by atoms with Crippen LogP contribution in [0.4, 0.5) is 5.00 Å². The number of thiophene rings is 1. The Morgan fingerprint density at radius 3 is 2.63 bits per heavy atom. The molecule has 0 aliphatic carbocycles. The summed E-state index contributed by atoms with van der Waals surface area (Å²) in [6.45, 7) is 8.17. The van der Waals surface area contributed by atoms with E-state index in [0.717, 1.165) is 21.8 Å². The molecule has 2 aromatic rings. The molecule has 1 amide bonds. The molecule has 1 aromatic heterocycles. The summed E-state index contributed by atoms with van der Waals surface area (Å²) in [7, 11) is 0. The second-order valence-corrected chi connectivity index (χ2v) is 7.78. The summed E-state index contributed by atoms with van der Waals surface area (Å²) in [5.74, 6) is 0.198. The minimum absolute atomic E-state index is 0.154. The minimum atomic E-state index is -0.406. The van der Waals surface area contributed by atoms with Gasteiger partial charge in [-0.25, -0.2) is 4.79 Å². The van der Waals surface area contributed by atoms with E-state index < -0.39 is 5.97 Å². The van der Waals surface area contributed by atoms with Crippen LogP contribution < -0.4 is 10.1 Å². The number of amides is 1. The summed E-state index contributed by atoms with van der Waals surface area (Å²) in [6.07, 6.45) is 0.858. The Kier molecular flexibility index (Phi) is 7.68. The predicted molar refractivity (Wildman–Crippen MR) is 109 cm³/mol. The molecule has 0 spiro atoms. The molecule has 0 atom stereocenters. The van der Waals surface area contributed by atoms with Gasteiger partial charge in [-0.2, -0.15) is 0 Å². The van der Waals surface area contributed by atoms with Crippen molar-refractivity contribution in [3.8, 4) is 5.75 Å². The largest absolute Gasteiger partial charge is 0.493 e. The van der Waals surface area contributed by atoms with Crippen LogP contribution in [0, 0.1) is 20.8 Å². The first kappa shape index (κ1) is 21.3. The number of halogens is 1. The lowest BCUT2D eigenvalue weighted by Gasteiger charge is -2.10. The number of aryl methyl sites for hydroxylation is 2. The first-order chi connectivity index (χ1) is 12.8. The van der Waals surface area contributed by atoms with Gasteiger partial charge in [0.1, 0.15) is 10.8 Å². The minimum Gasteiger partial charge on any atom is -0.493 e. The Balaban J connectivity index is 1.89. The second-order valence-electron chi connectivity index (χ2n) is 6.12. The van der Waals surface area contributed by atoms with Gasteiger partial charge in [0.05, 0.1) is 18.8 Å². The Morgan fingerprint density at radius 2 is 1.96 bits per heavy atom. The van der Waals surface area contributed by atoms with Crippen LogP contribution >= 0.6 is 22.9 Å². The topological polar surface area (TPSA) is 64.6 Å². The molecule has 1 heterocycles. The second kappa shape index (κ2) is 9.76. The van der Waals surface area contributed by atoms with Crippen LogP contribution in [0.3, 0.4) is 0 Å². The van der Waals surface area contributed by atoms with Crippen molar-refractivity contribution in [1.82, 2.24) is 0 Å². The molecule has 0 saturated heterocycles. The molecular weight excluding hydrogens is 386 g/mol. The average molecular weight is 410 g/mol. The number of hydrogen-bond acceptors (Lipinski definition) is 5. The number of carbonyl (C=O) groups is 2. The van der Waals surface area contributed by atoms with Gasteiger partial charge in [0.2, 0.25) is 5.91 Å². The predicted octanol–water partition coefficient (Wildman–Crippen LogP) is 5.30. The SMILES string of the molecule is CCOC(=O)c1c(NC(=O)CCCOc2ccc(Cl)cc2C)sc(C)c1C. The zero-order valence-corrected chi connectivity index (χ0v) is 17.6. The highest BCUT2D eigenvalue weighted by molar-refractivity contribution is 7.16. The van der Waals surface area contributed by atoms with Gasteiger partial charge in [-0.05, 0) is 63.4 Å². The van der Waals surface area contributed by atoms with Crippen molar-refractivity contribution >= 4 is 39.8 Å². The number of rotatable bonds is 8. The van der Waals surface area contributed by atoms with Crippen molar-refractivity contribution in [1.29, 1.82) is 0 Å². The van der Waals surface area contributed by atoms with Gasteiger partial charge in [-0.15, -0.1) is 11.3 Å². The number of anilines is 1. The van der Waals surface area contributed by atoms with Crippen molar-refractivity contribution < 1.29 is 19.1 Å². The molecule has 0 unspecified atom stereocenters. The fraction of sp³-hybridized carbons (Fsp3) is 0.400. The van der Waals surface area contributed by atoms with E-state index in [1.807, 2.05) is 32.9 Å². The zero-order valence-electron chi connectivity index (χ0n) is 16.0. The Labute approximate surface area is 168 Å². The van der Waals surface area contributed by atoms with E-state index in [1.54, 1.807) is 13.0 Å². The molecule has 0 aliphatic heterocycles. The molecule has 146 valence electrons. The van der Waals surface area contributed by atoms with Gasteiger partial charge in [0.25, 0.3) is 0 Å². The summed E-state index contributed by atoms with van der Waals surface area (Å²) < 4.78 is 10.8. The Bertz CT molecular complexity index is 832. The molecule has 2 rings (SSSR count). The van der Waals surface area contributed by atoms with Crippen LogP contribution in [0.1, 0.15) is 46.1 Å². The van der Waals surface area contributed by atoms with E-state index in [2.05, 4.69) is 5.32 Å². The van der Waals surface area contributed by atoms with Gasteiger partial charge < -0.3 is 14.8 Å². The van der Waals surface area contributed by atoms with Crippen molar-refractivity contribution in [2.24, 2.45) is 0 Å².